The molecule has 2 aliphatic rings. The molecule has 0 saturated carbocycles. The van der Waals surface area contributed by atoms with Crippen molar-refractivity contribution in [3.8, 4) is 91.5 Å². The highest BCUT2D eigenvalue weighted by atomic mass is 35.5. The van der Waals surface area contributed by atoms with E-state index in [9.17, 15) is 0 Å². The van der Waals surface area contributed by atoms with Crippen LogP contribution in [-0.2, 0) is 0 Å². The predicted molar refractivity (Wildman–Crippen MR) is 516 cm³/mol. The summed E-state index contributed by atoms with van der Waals surface area (Å²) in [6, 6.07) is 30.6. The zero-order valence-corrected chi connectivity index (χ0v) is 79.9. The molecular weight excluding hydrogens is 1720 g/mol. The molecule has 0 radical (unpaired) electrons. The average Bonchev–Trinajstić information content (AvgIpc) is 1.55. The first kappa shape index (κ1) is 92.9. The first-order valence-electron chi connectivity index (χ1n) is 43.0. The minimum absolute atomic E-state index is 0.108. The lowest BCUT2D eigenvalue weighted by Crippen LogP contribution is -2.07. The van der Waals surface area contributed by atoms with E-state index < -0.39 is 0 Å². The van der Waals surface area contributed by atoms with Crippen molar-refractivity contribution in [1.82, 2.24) is 39.9 Å². The van der Waals surface area contributed by atoms with Gasteiger partial charge in [0.2, 0.25) is 0 Å². The second-order valence-corrected chi connectivity index (χ2v) is 40.3. The number of ether oxygens (including phenoxy) is 8. The minimum Gasteiger partial charge on any atom is -0.492 e. The molecule has 3 aromatic heterocycles. The van der Waals surface area contributed by atoms with Gasteiger partial charge in [-0.25, -0.2) is 29.9 Å². The fourth-order valence-electron chi connectivity index (χ4n) is 13.7. The van der Waals surface area contributed by atoms with E-state index in [-0.39, 0.29) is 189 Å². The standard InChI is InChI=1S/C96H114Cl4N12O8S4/c1-49(2)33-41-113-77-65-69(81(117-45-37-53(9)10)85(73(77)97)121-61-29-21-17-25-57(61)101)93-105-89(65)109-94-70-66(78(114-42-34-50(3)4)74(98)86(82(70)118-46-38-54(11)12)122-62-30-22-18-26-58(62)102)91(106-94)111-96-72-68(80(116-44-36-52(7)8)76(100)88(84(72)120-48-40-56(15)16)124-64-32-24-20-28-60(64)104)92(108-96)112-95-71-67(90(107-95)110-93)79(115-43-35-51(5)6)75(99)87(83(71)119-47-39-55(13)14)123-63-31-23-19-27-59(63)103/h17-32,49-56H,33-48,101-104H2,1-16H3,(H2,105,106,107,108,109,110,111,112). The van der Waals surface area contributed by atoms with E-state index >= 15 is 0 Å². The number of nitrogen functional groups attached to an aromatic ring is 4. The van der Waals surface area contributed by atoms with Crippen LogP contribution in [0.25, 0.3) is 89.7 Å². The molecule has 0 atom stereocenters. The van der Waals surface area contributed by atoms with E-state index in [1.54, 1.807) is 0 Å². The highest BCUT2D eigenvalue weighted by Crippen LogP contribution is 2.62. The molecule has 10 N–H and O–H groups in total. The first-order chi connectivity index (χ1) is 59.5. The molecule has 13 rings (SSSR count). The molecule has 0 unspecified atom stereocenters. The molecule has 11 aromatic rings. The van der Waals surface area contributed by atoms with Gasteiger partial charge in [-0.2, -0.15) is 0 Å². The summed E-state index contributed by atoms with van der Waals surface area (Å²) in [5.74, 6) is 4.60. The van der Waals surface area contributed by atoms with Crippen LogP contribution in [0, 0.1) is 47.3 Å². The van der Waals surface area contributed by atoms with Crippen molar-refractivity contribution in [3.63, 3.8) is 0 Å². The van der Waals surface area contributed by atoms with E-state index in [0.717, 1.165) is 0 Å². The van der Waals surface area contributed by atoms with E-state index in [1.165, 1.54) is 47.0 Å². The van der Waals surface area contributed by atoms with Gasteiger partial charge in [0.05, 0.1) is 116 Å². The lowest BCUT2D eigenvalue weighted by Gasteiger charge is -2.21. The maximum Gasteiger partial charge on any atom is 0.168 e. The zero-order chi connectivity index (χ0) is 88.5. The Morgan fingerprint density at radius 3 is 0.677 bits per heavy atom. The molecule has 0 saturated heterocycles. The number of nitrogens with two attached hydrogens (primary N) is 4. The van der Waals surface area contributed by atoms with Gasteiger partial charge in [-0.3, -0.25) is 0 Å². The van der Waals surface area contributed by atoms with Gasteiger partial charge in [0, 0.05) is 42.3 Å². The smallest absolute Gasteiger partial charge is 0.168 e. The van der Waals surface area contributed by atoms with Gasteiger partial charge in [-0.1, -0.05) is 253 Å². The number of halogens is 4. The summed E-state index contributed by atoms with van der Waals surface area (Å²) in [7, 11) is 0. The fourth-order valence-corrected chi connectivity index (χ4v) is 19.1. The van der Waals surface area contributed by atoms with Crippen molar-refractivity contribution >= 4 is 160 Å². The summed E-state index contributed by atoms with van der Waals surface area (Å²) in [5.41, 5.74) is 32.3. The van der Waals surface area contributed by atoms with Crippen LogP contribution in [0.3, 0.4) is 0 Å². The first-order valence-corrected chi connectivity index (χ1v) is 47.8. The third-order valence-corrected chi connectivity index (χ3v) is 27.5. The lowest BCUT2D eigenvalue weighted by molar-refractivity contribution is 0.278. The van der Waals surface area contributed by atoms with Crippen molar-refractivity contribution < 1.29 is 37.9 Å². The quantitative estimate of drug-likeness (QED) is 0.0195. The van der Waals surface area contributed by atoms with Gasteiger partial charge in [-0.15, -0.1) is 0 Å². The number of benzene rings is 8. The third-order valence-electron chi connectivity index (χ3n) is 20.9. The molecule has 20 nitrogen and oxygen atoms in total. The number of hydrogen-bond donors (Lipinski definition) is 6. The number of para-hydroxylation sites is 4. The number of aromatic amines is 2. The van der Waals surface area contributed by atoms with Gasteiger partial charge >= 0.3 is 0 Å². The minimum atomic E-state index is 0.108. The number of nitrogens with zero attached hydrogens (tertiary/aromatic N) is 6. The van der Waals surface area contributed by atoms with Crippen LogP contribution in [0.5, 0.6) is 46.0 Å². The Hall–Kier alpha value is -8.72. The summed E-state index contributed by atoms with van der Waals surface area (Å²) in [5, 5.41) is 2.56. The number of fused-ring (bicyclic) bond motifs is 20. The van der Waals surface area contributed by atoms with Gasteiger partial charge in [0.25, 0.3) is 0 Å². The van der Waals surface area contributed by atoms with Crippen LogP contribution in [0.1, 0.15) is 162 Å². The monoisotopic (exact) mass is 1830 g/mol. The molecule has 0 aliphatic carbocycles. The second-order valence-electron chi connectivity index (χ2n) is 34.6. The van der Waals surface area contributed by atoms with Crippen LogP contribution >= 0.6 is 93.5 Å². The summed E-state index contributed by atoms with van der Waals surface area (Å²) < 4.78 is 58.6. The SMILES string of the molecule is CC(C)CCOc1c(Cl)c(Sc2ccccc2N)c(OCCC(C)C)c2c1-c1nc-2nc2[nH]c(nc3nc(nc4[nH]c(n1)c1c(OCCC(C)C)c(Sc5ccccc5N)c(Cl)c(OCCC(C)C)c41)-c1c(OCCC(C)C)c(Sc4ccccc4N)c(Cl)c(OCCC(C)C)c1-3)c1c(OCCC(C)C)c(Sc3ccccc3N)c(Cl)c(OCCC(C)C)c21. The maximum absolute atomic E-state index is 8.23. The molecule has 2 aliphatic heterocycles. The van der Waals surface area contributed by atoms with E-state index in [2.05, 4.69) is 121 Å². The molecular formula is C96H114Cl4N12O8S4. The third kappa shape index (κ3) is 21.2. The van der Waals surface area contributed by atoms with Crippen LogP contribution in [0.4, 0.5) is 22.7 Å². The van der Waals surface area contributed by atoms with Crippen molar-refractivity contribution in [2.45, 2.75) is 201 Å². The number of rotatable bonds is 40. The van der Waals surface area contributed by atoms with Crippen LogP contribution < -0.4 is 60.8 Å². The Kier molecular flexibility index (Phi) is 31.3. The van der Waals surface area contributed by atoms with E-state index in [4.69, 9.17) is 137 Å². The molecule has 0 amide bonds. The molecule has 8 aromatic carbocycles. The summed E-state index contributed by atoms with van der Waals surface area (Å²) in [4.78, 5) is 47.7. The largest absolute Gasteiger partial charge is 0.492 e. The van der Waals surface area contributed by atoms with Gasteiger partial charge in [0.1, 0.15) is 65.7 Å². The van der Waals surface area contributed by atoms with Crippen molar-refractivity contribution in [2.24, 2.45) is 47.3 Å². The molecule has 8 bridgehead atoms. The topological polar surface area (TPSA) is 287 Å². The van der Waals surface area contributed by atoms with Crippen molar-refractivity contribution in [2.75, 3.05) is 75.8 Å². The van der Waals surface area contributed by atoms with E-state index in [0.29, 0.717) is 180 Å². The Balaban J connectivity index is 1.35. The highest BCUT2D eigenvalue weighted by Gasteiger charge is 2.40. The average molecular weight is 1830 g/mol. The molecule has 124 heavy (non-hydrogen) atoms. The van der Waals surface area contributed by atoms with Crippen molar-refractivity contribution in [1.29, 1.82) is 0 Å². The molecule has 658 valence electrons. The molecule has 0 spiro atoms. The summed E-state index contributed by atoms with van der Waals surface area (Å²) >= 11 is 38.3. The van der Waals surface area contributed by atoms with Crippen LogP contribution in [0.2, 0.25) is 20.1 Å². The van der Waals surface area contributed by atoms with Gasteiger partial charge in [-0.05, 0) is 147 Å². The molecule has 0 fully saturated rings. The van der Waals surface area contributed by atoms with E-state index in [1.807, 2.05) is 97.1 Å². The predicted octanol–water partition coefficient (Wildman–Crippen LogP) is 27.8. The van der Waals surface area contributed by atoms with Gasteiger partial charge < -0.3 is 70.8 Å². The number of aromatic nitrogens is 8. The fraction of sp³-hybridized carbons (Fsp3) is 0.417. The number of H-pyrrole nitrogens is 2. The molecule has 5 heterocycles. The van der Waals surface area contributed by atoms with Crippen molar-refractivity contribution in [3.05, 3.63) is 117 Å². The summed E-state index contributed by atoms with van der Waals surface area (Å²) in [6.07, 6.45) is 5.15. The molecule has 28 heteroatoms. The van der Waals surface area contributed by atoms with Crippen LogP contribution in [-0.4, -0.2) is 92.7 Å². The van der Waals surface area contributed by atoms with Gasteiger partial charge in [0.15, 0.2) is 46.3 Å². The maximum atomic E-state index is 8.23. The number of hydrogen-bond acceptors (Lipinski definition) is 22. The van der Waals surface area contributed by atoms with Crippen LogP contribution in [0.15, 0.2) is 136 Å². The Bertz CT molecular complexity index is 5530. The Morgan fingerprint density at radius 1 is 0.258 bits per heavy atom. The normalized spacial score (nSPS) is 12.1. The summed E-state index contributed by atoms with van der Waals surface area (Å²) in [6.45, 7) is 36.3. The Morgan fingerprint density at radius 2 is 0.444 bits per heavy atom. The number of nitrogens with one attached hydrogen (secondary N) is 2. The zero-order valence-electron chi connectivity index (χ0n) is 73.6. The highest BCUT2D eigenvalue weighted by molar-refractivity contribution is 8.00. The second kappa shape index (κ2) is 41.8. The lowest BCUT2D eigenvalue weighted by atomic mass is 10.0. The Labute approximate surface area is 765 Å². The number of anilines is 4.